The zero-order valence-electron chi connectivity index (χ0n) is 14.3. The molecule has 1 heterocycles. The third kappa shape index (κ3) is 4.79. The second kappa shape index (κ2) is 7.44. The molecule has 0 aliphatic heterocycles. The summed E-state index contributed by atoms with van der Waals surface area (Å²) in [6.45, 7) is 8.40. The van der Waals surface area contributed by atoms with Gasteiger partial charge in [-0.1, -0.05) is 6.07 Å². The summed E-state index contributed by atoms with van der Waals surface area (Å²) in [6.07, 6.45) is -0.562. The number of benzene rings is 1. The smallest absolute Gasteiger partial charge is 0.336 e. The van der Waals surface area contributed by atoms with Crippen LogP contribution in [0.3, 0.4) is 0 Å². The predicted molar refractivity (Wildman–Crippen MR) is 91.1 cm³/mol. The summed E-state index contributed by atoms with van der Waals surface area (Å²) in [4.78, 5) is 26.7. The largest absolute Gasteiger partial charge is 0.486 e. The van der Waals surface area contributed by atoms with Crippen LogP contribution in [0.1, 0.15) is 26.3 Å². The fourth-order valence-electron chi connectivity index (χ4n) is 2.18. The highest BCUT2D eigenvalue weighted by molar-refractivity contribution is 5.85. The number of fused-ring (bicyclic) bond motifs is 1. The first-order chi connectivity index (χ1) is 11.3. The van der Waals surface area contributed by atoms with Crippen molar-refractivity contribution in [2.75, 3.05) is 13.2 Å². The van der Waals surface area contributed by atoms with Crippen LogP contribution in [0.4, 0.5) is 0 Å². The molecule has 24 heavy (non-hydrogen) atoms. The standard InChI is InChI=1S/C17H22N2O5/c1-11-5-7-14(16-13(11)6-8-15(20)23-16)22-10-12(24-19-21)9-18-17(2,3)4/h5-8,12,18H,9-10H2,1-4H3. The molecule has 0 spiro atoms. The minimum Gasteiger partial charge on any atom is -0.486 e. The Morgan fingerprint density at radius 1 is 1.25 bits per heavy atom. The molecule has 0 aliphatic carbocycles. The van der Waals surface area contributed by atoms with Crippen molar-refractivity contribution in [1.82, 2.24) is 5.32 Å². The Morgan fingerprint density at radius 2 is 2.00 bits per heavy atom. The second-order valence-electron chi connectivity index (χ2n) is 6.62. The van der Waals surface area contributed by atoms with Crippen LogP contribution in [0.15, 0.2) is 38.8 Å². The van der Waals surface area contributed by atoms with Crippen molar-refractivity contribution in [3.8, 4) is 5.75 Å². The lowest BCUT2D eigenvalue weighted by Crippen LogP contribution is -2.43. The van der Waals surface area contributed by atoms with E-state index in [9.17, 15) is 9.70 Å². The Labute approximate surface area is 139 Å². The molecular formula is C17H22N2O5. The number of ether oxygens (including phenoxy) is 1. The minimum atomic E-state index is -0.562. The normalized spacial score (nSPS) is 12.8. The van der Waals surface area contributed by atoms with E-state index < -0.39 is 11.7 Å². The fourth-order valence-corrected chi connectivity index (χ4v) is 2.18. The van der Waals surface area contributed by atoms with Crippen molar-refractivity contribution in [2.45, 2.75) is 39.3 Å². The highest BCUT2D eigenvalue weighted by Crippen LogP contribution is 2.27. The Kier molecular flexibility index (Phi) is 5.56. The Hall–Kier alpha value is -2.41. The van der Waals surface area contributed by atoms with Gasteiger partial charge in [0.1, 0.15) is 6.61 Å². The lowest BCUT2D eigenvalue weighted by atomic mass is 10.1. The van der Waals surface area contributed by atoms with Crippen molar-refractivity contribution in [3.05, 3.63) is 45.2 Å². The number of nitrogens with zero attached hydrogens (tertiary/aromatic N) is 1. The van der Waals surface area contributed by atoms with E-state index in [0.29, 0.717) is 17.9 Å². The SMILES string of the molecule is Cc1ccc(OCC(CNC(C)(C)C)ON=O)c2oc(=O)ccc12. The lowest BCUT2D eigenvalue weighted by Gasteiger charge is -2.23. The van der Waals surface area contributed by atoms with E-state index in [-0.39, 0.29) is 12.1 Å². The molecule has 1 N–H and O–H groups in total. The summed E-state index contributed by atoms with van der Waals surface area (Å²) in [7, 11) is 0. The van der Waals surface area contributed by atoms with Gasteiger partial charge in [-0.3, -0.25) is 0 Å². The van der Waals surface area contributed by atoms with Gasteiger partial charge in [0.2, 0.25) is 0 Å². The van der Waals surface area contributed by atoms with Crippen molar-refractivity contribution in [2.24, 2.45) is 5.34 Å². The minimum absolute atomic E-state index is 0.0889. The van der Waals surface area contributed by atoms with Gasteiger partial charge in [0.25, 0.3) is 0 Å². The maximum absolute atomic E-state index is 11.5. The van der Waals surface area contributed by atoms with Gasteiger partial charge >= 0.3 is 5.63 Å². The zero-order chi connectivity index (χ0) is 17.7. The van der Waals surface area contributed by atoms with E-state index in [1.165, 1.54) is 6.07 Å². The van der Waals surface area contributed by atoms with Crippen molar-refractivity contribution in [1.29, 1.82) is 0 Å². The molecule has 2 rings (SSSR count). The Balaban J connectivity index is 2.16. The molecule has 0 fully saturated rings. The van der Waals surface area contributed by atoms with Gasteiger partial charge in [-0.2, -0.15) is 0 Å². The average Bonchev–Trinajstić information content (AvgIpc) is 2.50. The number of rotatable bonds is 7. The van der Waals surface area contributed by atoms with Gasteiger partial charge in [-0.15, -0.1) is 4.91 Å². The monoisotopic (exact) mass is 334 g/mol. The highest BCUT2D eigenvalue weighted by atomic mass is 16.7. The third-order valence-electron chi connectivity index (χ3n) is 3.44. The fraction of sp³-hybridized carbons (Fsp3) is 0.471. The van der Waals surface area contributed by atoms with Gasteiger partial charge in [0.05, 0.1) is 0 Å². The van der Waals surface area contributed by atoms with Crippen LogP contribution >= 0.6 is 0 Å². The van der Waals surface area contributed by atoms with Crippen LogP contribution in [-0.2, 0) is 4.84 Å². The summed E-state index contributed by atoms with van der Waals surface area (Å²) >= 11 is 0. The number of hydrogen-bond acceptors (Lipinski definition) is 7. The third-order valence-corrected chi connectivity index (χ3v) is 3.44. The molecule has 0 radical (unpaired) electrons. The molecular weight excluding hydrogens is 312 g/mol. The van der Waals surface area contributed by atoms with Crippen LogP contribution in [0.25, 0.3) is 11.0 Å². The average molecular weight is 334 g/mol. The van der Waals surface area contributed by atoms with Crippen molar-refractivity contribution in [3.63, 3.8) is 0 Å². The van der Waals surface area contributed by atoms with E-state index in [0.717, 1.165) is 10.9 Å². The number of hydrogen-bond donors (Lipinski definition) is 1. The summed E-state index contributed by atoms with van der Waals surface area (Å²) in [5, 5.41) is 6.51. The lowest BCUT2D eigenvalue weighted by molar-refractivity contribution is 0.0184. The summed E-state index contributed by atoms with van der Waals surface area (Å²) in [5.41, 5.74) is 0.769. The molecule has 0 saturated carbocycles. The van der Waals surface area contributed by atoms with Crippen LogP contribution in [0.5, 0.6) is 5.75 Å². The van der Waals surface area contributed by atoms with Gasteiger partial charge in [-0.05, 0) is 45.4 Å². The van der Waals surface area contributed by atoms with E-state index in [1.54, 1.807) is 12.1 Å². The first-order valence-electron chi connectivity index (χ1n) is 7.70. The summed E-state index contributed by atoms with van der Waals surface area (Å²) in [6, 6.07) is 6.67. The summed E-state index contributed by atoms with van der Waals surface area (Å²) in [5.74, 6) is 0.420. The molecule has 7 heteroatoms. The van der Waals surface area contributed by atoms with E-state index in [2.05, 4.69) is 10.7 Å². The molecule has 2 aromatic rings. The predicted octanol–water partition coefficient (Wildman–Crippen LogP) is 2.93. The number of nitrogens with one attached hydrogen (secondary N) is 1. The number of aryl methyl sites for hydroxylation is 1. The quantitative estimate of drug-likeness (QED) is 0.476. The highest BCUT2D eigenvalue weighted by Gasteiger charge is 2.18. The Bertz CT molecular complexity index is 764. The maximum atomic E-state index is 11.5. The van der Waals surface area contributed by atoms with Crippen molar-refractivity contribution >= 4 is 11.0 Å². The molecule has 1 aromatic carbocycles. The van der Waals surface area contributed by atoms with Gasteiger partial charge in [-0.25, -0.2) is 4.79 Å². The maximum Gasteiger partial charge on any atom is 0.336 e. The van der Waals surface area contributed by atoms with Gasteiger partial charge < -0.3 is 19.3 Å². The van der Waals surface area contributed by atoms with Gasteiger partial charge in [0.15, 0.2) is 22.8 Å². The van der Waals surface area contributed by atoms with E-state index >= 15 is 0 Å². The first-order valence-corrected chi connectivity index (χ1v) is 7.70. The summed E-state index contributed by atoms with van der Waals surface area (Å²) < 4.78 is 11.0. The molecule has 1 unspecified atom stereocenters. The molecule has 1 aromatic heterocycles. The Morgan fingerprint density at radius 3 is 2.67 bits per heavy atom. The first kappa shape index (κ1) is 17.9. The molecule has 0 bridgehead atoms. The van der Waals surface area contributed by atoms with E-state index in [1.807, 2.05) is 33.8 Å². The van der Waals surface area contributed by atoms with Gasteiger partial charge in [0, 0.05) is 23.5 Å². The zero-order valence-corrected chi connectivity index (χ0v) is 14.3. The molecule has 130 valence electrons. The van der Waals surface area contributed by atoms with E-state index in [4.69, 9.17) is 14.0 Å². The van der Waals surface area contributed by atoms with Crippen LogP contribution in [0, 0.1) is 11.8 Å². The van der Waals surface area contributed by atoms with Crippen molar-refractivity contribution < 1.29 is 14.0 Å². The molecule has 0 saturated heterocycles. The molecule has 7 nitrogen and oxygen atoms in total. The molecule has 1 atom stereocenters. The van der Waals surface area contributed by atoms with Crippen LogP contribution in [-0.4, -0.2) is 24.8 Å². The molecule has 0 amide bonds. The van der Waals surface area contributed by atoms with Crippen LogP contribution in [0.2, 0.25) is 0 Å². The van der Waals surface area contributed by atoms with Crippen LogP contribution < -0.4 is 15.7 Å². The topological polar surface area (TPSA) is 90.1 Å². The second-order valence-corrected chi connectivity index (χ2v) is 6.62. The molecule has 0 aliphatic rings.